The van der Waals surface area contributed by atoms with Crippen molar-refractivity contribution in [3.63, 3.8) is 0 Å². The van der Waals surface area contributed by atoms with Crippen molar-refractivity contribution in [3.05, 3.63) is 48.3 Å². The summed E-state index contributed by atoms with van der Waals surface area (Å²) in [6.45, 7) is 6.70. The number of hydrogen-bond donors (Lipinski definition) is 2. The van der Waals surface area contributed by atoms with Crippen molar-refractivity contribution < 1.29 is 8.78 Å². The van der Waals surface area contributed by atoms with E-state index in [0.29, 0.717) is 17.6 Å². The van der Waals surface area contributed by atoms with Crippen LogP contribution in [0, 0.1) is 5.92 Å². The smallest absolute Gasteiger partial charge is 0.265 e. The maximum Gasteiger partial charge on any atom is 0.265 e. The summed E-state index contributed by atoms with van der Waals surface area (Å²) in [6.07, 6.45) is 2.08. The molecule has 3 heterocycles. The number of anilines is 1. The first-order chi connectivity index (χ1) is 13.5. The Kier molecular flexibility index (Phi) is 5.31. The lowest BCUT2D eigenvalue weighted by molar-refractivity contribution is 0.151. The average molecular weight is 384 g/mol. The number of benzene rings is 1. The van der Waals surface area contributed by atoms with Crippen LogP contribution in [-0.4, -0.2) is 35.6 Å². The summed E-state index contributed by atoms with van der Waals surface area (Å²) in [5.41, 5.74) is 3.19. The van der Waals surface area contributed by atoms with E-state index >= 15 is 0 Å². The molecule has 1 aliphatic heterocycles. The lowest BCUT2D eigenvalue weighted by Gasteiger charge is -2.37. The first kappa shape index (κ1) is 18.9. The number of piperazine rings is 1. The van der Waals surface area contributed by atoms with Crippen LogP contribution in [0.2, 0.25) is 0 Å². The second-order valence-electron chi connectivity index (χ2n) is 7.90. The Morgan fingerprint density at radius 2 is 2.11 bits per heavy atom. The van der Waals surface area contributed by atoms with Crippen LogP contribution < -0.4 is 10.2 Å². The molecular weight excluding hydrogens is 358 g/mol. The van der Waals surface area contributed by atoms with Crippen molar-refractivity contribution in [3.8, 4) is 11.1 Å². The molecule has 2 aromatic heterocycles. The summed E-state index contributed by atoms with van der Waals surface area (Å²) in [7, 11) is 0. The van der Waals surface area contributed by atoms with E-state index in [9.17, 15) is 8.78 Å². The van der Waals surface area contributed by atoms with Crippen molar-refractivity contribution in [2.24, 2.45) is 5.92 Å². The summed E-state index contributed by atoms with van der Waals surface area (Å²) >= 11 is 0. The SMILES string of the molecule is CC(C)CC1CN(c2ccc(-c3c[nH]c4ncccc34)cc2C(F)F)CCN1. The molecule has 0 radical (unpaired) electrons. The van der Waals surface area contributed by atoms with Gasteiger partial charge in [-0.25, -0.2) is 13.8 Å². The molecule has 2 N–H and O–H groups in total. The molecule has 6 heteroatoms. The second kappa shape index (κ2) is 7.87. The van der Waals surface area contributed by atoms with Crippen molar-refractivity contribution in [2.75, 3.05) is 24.5 Å². The van der Waals surface area contributed by atoms with Gasteiger partial charge >= 0.3 is 0 Å². The highest BCUT2D eigenvalue weighted by Crippen LogP contribution is 2.36. The number of nitrogens with zero attached hydrogens (tertiary/aromatic N) is 2. The third-order valence-electron chi connectivity index (χ3n) is 5.38. The van der Waals surface area contributed by atoms with Gasteiger partial charge in [-0.2, -0.15) is 0 Å². The summed E-state index contributed by atoms with van der Waals surface area (Å²) < 4.78 is 27.9. The summed E-state index contributed by atoms with van der Waals surface area (Å²) in [5.74, 6) is 0.574. The molecule has 1 fully saturated rings. The summed E-state index contributed by atoms with van der Waals surface area (Å²) in [5, 5.41) is 4.45. The topological polar surface area (TPSA) is 44.0 Å². The Bertz CT molecular complexity index is 951. The third kappa shape index (κ3) is 3.74. The van der Waals surface area contributed by atoms with Gasteiger partial charge in [0.25, 0.3) is 6.43 Å². The maximum absolute atomic E-state index is 14.0. The molecule has 28 heavy (non-hydrogen) atoms. The van der Waals surface area contributed by atoms with Gasteiger partial charge in [0.15, 0.2) is 0 Å². The Labute approximate surface area is 164 Å². The molecule has 1 saturated heterocycles. The molecule has 4 nitrogen and oxygen atoms in total. The van der Waals surface area contributed by atoms with Crippen LogP contribution in [-0.2, 0) is 0 Å². The molecule has 0 bridgehead atoms. The van der Waals surface area contributed by atoms with Crippen LogP contribution in [0.5, 0.6) is 0 Å². The number of alkyl halides is 2. The summed E-state index contributed by atoms with van der Waals surface area (Å²) in [4.78, 5) is 9.51. The number of fused-ring (bicyclic) bond motifs is 1. The molecular formula is C22H26F2N4. The van der Waals surface area contributed by atoms with E-state index in [2.05, 4.69) is 34.0 Å². The lowest BCUT2D eigenvalue weighted by atomic mass is 9.99. The van der Waals surface area contributed by atoms with E-state index in [-0.39, 0.29) is 5.56 Å². The largest absolute Gasteiger partial charge is 0.368 e. The molecule has 1 atom stereocenters. The summed E-state index contributed by atoms with van der Waals surface area (Å²) in [6, 6.07) is 9.57. The van der Waals surface area contributed by atoms with E-state index in [4.69, 9.17) is 0 Å². The fraction of sp³-hybridized carbons (Fsp3) is 0.409. The zero-order valence-electron chi connectivity index (χ0n) is 16.3. The fourth-order valence-corrected chi connectivity index (χ4v) is 4.15. The van der Waals surface area contributed by atoms with Gasteiger partial charge in [0.1, 0.15) is 5.65 Å². The molecule has 3 aromatic rings. The molecule has 1 aromatic carbocycles. The average Bonchev–Trinajstić information content (AvgIpc) is 3.11. The monoisotopic (exact) mass is 384 g/mol. The van der Waals surface area contributed by atoms with Crippen LogP contribution in [0.4, 0.5) is 14.5 Å². The van der Waals surface area contributed by atoms with Crippen LogP contribution in [0.15, 0.2) is 42.7 Å². The zero-order valence-corrected chi connectivity index (χ0v) is 16.3. The van der Waals surface area contributed by atoms with E-state index < -0.39 is 6.43 Å². The molecule has 0 spiro atoms. The molecule has 0 aliphatic carbocycles. The predicted octanol–water partition coefficient (Wildman–Crippen LogP) is 4.99. The zero-order chi connectivity index (χ0) is 19.7. The van der Waals surface area contributed by atoms with E-state index in [1.807, 2.05) is 30.5 Å². The molecule has 0 saturated carbocycles. The third-order valence-corrected chi connectivity index (χ3v) is 5.38. The van der Waals surface area contributed by atoms with Crippen molar-refractivity contribution in [1.29, 1.82) is 0 Å². The fourth-order valence-electron chi connectivity index (χ4n) is 4.15. The maximum atomic E-state index is 14.0. The van der Waals surface area contributed by atoms with Crippen molar-refractivity contribution >= 4 is 16.7 Å². The minimum atomic E-state index is -2.52. The van der Waals surface area contributed by atoms with Gasteiger partial charge < -0.3 is 15.2 Å². The molecule has 4 rings (SSSR count). The normalized spacial score (nSPS) is 17.8. The number of hydrogen-bond acceptors (Lipinski definition) is 3. The Morgan fingerprint density at radius 1 is 1.25 bits per heavy atom. The van der Waals surface area contributed by atoms with E-state index in [1.165, 1.54) is 0 Å². The van der Waals surface area contributed by atoms with Gasteiger partial charge in [-0.1, -0.05) is 19.9 Å². The lowest BCUT2D eigenvalue weighted by Crippen LogP contribution is -2.51. The van der Waals surface area contributed by atoms with Gasteiger partial charge in [0.2, 0.25) is 0 Å². The predicted molar refractivity (Wildman–Crippen MR) is 110 cm³/mol. The molecule has 0 amide bonds. The number of pyridine rings is 1. The number of rotatable bonds is 5. The van der Waals surface area contributed by atoms with Gasteiger partial charge in [-0.3, -0.25) is 0 Å². The first-order valence-electron chi connectivity index (χ1n) is 9.86. The van der Waals surface area contributed by atoms with Crippen molar-refractivity contribution in [2.45, 2.75) is 32.7 Å². The van der Waals surface area contributed by atoms with E-state index in [0.717, 1.165) is 48.2 Å². The number of halogens is 2. The molecule has 1 unspecified atom stereocenters. The first-order valence-corrected chi connectivity index (χ1v) is 9.86. The molecule has 1 aliphatic rings. The van der Waals surface area contributed by atoms with E-state index in [1.54, 1.807) is 12.3 Å². The highest BCUT2D eigenvalue weighted by Gasteiger charge is 2.25. The highest BCUT2D eigenvalue weighted by molar-refractivity contribution is 5.93. The number of aromatic amines is 1. The minimum Gasteiger partial charge on any atom is -0.368 e. The van der Waals surface area contributed by atoms with Crippen LogP contribution in [0.3, 0.4) is 0 Å². The van der Waals surface area contributed by atoms with Crippen molar-refractivity contribution in [1.82, 2.24) is 15.3 Å². The van der Waals surface area contributed by atoms with Gasteiger partial charge in [-0.15, -0.1) is 0 Å². The van der Waals surface area contributed by atoms with Crippen LogP contribution in [0.1, 0.15) is 32.3 Å². The van der Waals surface area contributed by atoms with Gasteiger partial charge in [-0.05, 0) is 42.2 Å². The Balaban J connectivity index is 1.68. The number of nitrogens with one attached hydrogen (secondary N) is 2. The Hall–Kier alpha value is -2.47. The minimum absolute atomic E-state index is 0.0981. The standard InChI is InChI=1S/C22H26F2N4/c1-14(2)10-16-13-28(9-8-25-16)20-6-5-15(11-18(20)21(23)24)19-12-27-22-17(19)4-3-7-26-22/h3-7,11-12,14,16,21,25H,8-10,13H2,1-2H3,(H,26,27). The van der Waals surface area contributed by atoms with Crippen LogP contribution >= 0.6 is 0 Å². The Morgan fingerprint density at radius 3 is 2.89 bits per heavy atom. The molecule has 148 valence electrons. The number of H-pyrrole nitrogens is 1. The van der Waals surface area contributed by atoms with Crippen LogP contribution in [0.25, 0.3) is 22.2 Å². The van der Waals surface area contributed by atoms with Gasteiger partial charge in [0, 0.05) is 60.3 Å². The second-order valence-corrected chi connectivity index (χ2v) is 7.90. The van der Waals surface area contributed by atoms with Gasteiger partial charge in [0.05, 0.1) is 0 Å². The highest BCUT2D eigenvalue weighted by atomic mass is 19.3. The quantitative estimate of drug-likeness (QED) is 0.651. The number of aromatic nitrogens is 2.